The summed E-state index contributed by atoms with van der Waals surface area (Å²) in [6.45, 7) is 3.66. The van der Waals surface area contributed by atoms with Gasteiger partial charge in [-0.1, -0.05) is 6.92 Å². The van der Waals surface area contributed by atoms with Crippen molar-refractivity contribution in [2.75, 3.05) is 6.61 Å². The largest absolute Gasteiger partial charge is 0.508 e. The van der Waals surface area contributed by atoms with Crippen molar-refractivity contribution in [2.24, 2.45) is 0 Å². The van der Waals surface area contributed by atoms with Crippen molar-refractivity contribution in [1.29, 1.82) is 0 Å². The SMILES string of the molecule is CCCOC(=O)C(C)Oc1ccc(O)cc1F. The maximum Gasteiger partial charge on any atom is 0.347 e. The van der Waals surface area contributed by atoms with E-state index in [4.69, 9.17) is 14.6 Å². The molecule has 0 fully saturated rings. The van der Waals surface area contributed by atoms with Crippen molar-refractivity contribution in [3.63, 3.8) is 0 Å². The van der Waals surface area contributed by atoms with Crippen LogP contribution in [0.4, 0.5) is 4.39 Å². The molecule has 0 radical (unpaired) electrons. The van der Waals surface area contributed by atoms with Gasteiger partial charge in [-0.25, -0.2) is 9.18 Å². The molecule has 1 atom stereocenters. The summed E-state index contributed by atoms with van der Waals surface area (Å²) >= 11 is 0. The normalized spacial score (nSPS) is 11.9. The third-order valence-corrected chi connectivity index (χ3v) is 2.00. The van der Waals surface area contributed by atoms with E-state index in [0.717, 1.165) is 6.07 Å². The third-order valence-electron chi connectivity index (χ3n) is 2.00. The van der Waals surface area contributed by atoms with E-state index < -0.39 is 17.9 Å². The van der Waals surface area contributed by atoms with Gasteiger partial charge in [0.15, 0.2) is 17.7 Å². The molecule has 17 heavy (non-hydrogen) atoms. The standard InChI is InChI=1S/C12H15FO4/c1-3-6-16-12(15)8(2)17-11-5-4-9(14)7-10(11)13/h4-5,7-8,14H,3,6H2,1-2H3. The van der Waals surface area contributed by atoms with Crippen molar-refractivity contribution >= 4 is 5.97 Å². The van der Waals surface area contributed by atoms with Crippen LogP contribution in [0.3, 0.4) is 0 Å². The lowest BCUT2D eigenvalue weighted by molar-refractivity contribution is -0.151. The van der Waals surface area contributed by atoms with E-state index in [1.807, 2.05) is 6.92 Å². The van der Waals surface area contributed by atoms with Crippen molar-refractivity contribution in [1.82, 2.24) is 0 Å². The number of aromatic hydroxyl groups is 1. The van der Waals surface area contributed by atoms with Crippen LogP contribution in [0, 0.1) is 5.82 Å². The van der Waals surface area contributed by atoms with Gasteiger partial charge in [-0.15, -0.1) is 0 Å². The lowest BCUT2D eigenvalue weighted by atomic mass is 10.3. The second-order valence-corrected chi connectivity index (χ2v) is 3.54. The molecule has 1 N–H and O–H groups in total. The Balaban J connectivity index is 2.61. The van der Waals surface area contributed by atoms with Gasteiger partial charge in [0.1, 0.15) is 5.75 Å². The Kier molecular flexibility index (Phi) is 4.75. The summed E-state index contributed by atoms with van der Waals surface area (Å²) in [5, 5.41) is 9.01. The zero-order valence-electron chi connectivity index (χ0n) is 9.77. The number of halogens is 1. The molecule has 0 aliphatic heterocycles. The van der Waals surface area contributed by atoms with Crippen LogP contribution in [-0.4, -0.2) is 23.8 Å². The first kappa shape index (κ1) is 13.3. The summed E-state index contributed by atoms with van der Waals surface area (Å²) in [5.74, 6) is -1.56. The molecule has 4 nitrogen and oxygen atoms in total. The van der Waals surface area contributed by atoms with Gasteiger partial charge in [0.05, 0.1) is 6.61 Å². The van der Waals surface area contributed by atoms with Gasteiger partial charge >= 0.3 is 5.97 Å². The Morgan fingerprint density at radius 3 is 2.82 bits per heavy atom. The highest BCUT2D eigenvalue weighted by Crippen LogP contribution is 2.22. The average Bonchev–Trinajstić information content (AvgIpc) is 2.29. The van der Waals surface area contributed by atoms with Crippen LogP contribution in [0.25, 0.3) is 0 Å². The van der Waals surface area contributed by atoms with Crippen molar-refractivity contribution in [3.8, 4) is 11.5 Å². The minimum Gasteiger partial charge on any atom is -0.508 e. The number of carbonyl (C=O) groups excluding carboxylic acids is 1. The van der Waals surface area contributed by atoms with Crippen LogP contribution in [0.15, 0.2) is 18.2 Å². The summed E-state index contributed by atoms with van der Waals surface area (Å²) in [7, 11) is 0. The van der Waals surface area contributed by atoms with Crippen molar-refractivity contribution < 1.29 is 23.8 Å². The van der Waals surface area contributed by atoms with Crippen LogP contribution in [0.2, 0.25) is 0 Å². The number of phenolic OH excluding ortho intramolecular Hbond substituents is 1. The van der Waals surface area contributed by atoms with Gasteiger partial charge in [0.25, 0.3) is 0 Å². The fourth-order valence-electron chi connectivity index (χ4n) is 1.14. The van der Waals surface area contributed by atoms with Crippen LogP contribution in [0.1, 0.15) is 20.3 Å². The Morgan fingerprint density at radius 1 is 1.53 bits per heavy atom. The lowest BCUT2D eigenvalue weighted by Crippen LogP contribution is -2.26. The molecule has 0 saturated heterocycles. The fourth-order valence-corrected chi connectivity index (χ4v) is 1.14. The van der Waals surface area contributed by atoms with Crippen molar-refractivity contribution in [3.05, 3.63) is 24.0 Å². The van der Waals surface area contributed by atoms with Gasteiger partial charge in [0.2, 0.25) is 0 Å². The molecule has 0 aromatic heterocycles. The number of carbonyl (C=O) groups is 1. The lowest BCUT2D eigenvalue weighted by Gasteiger charge is -2.14. The molecule has 1 unspecified atom stereocenters. The first-order chi connectivity index (χ1) is 8.04. The molecule has 0 amide bonds. The first-order valence-corrected chi connectivity index (χ1v) is 5.36. The zero-order valence-corrected chi connectivity index (χ0v) is 9.77. The number of rotatable bonds is 5. The number of esters is 1. The van der Waals surface area contributed by atoms with E-state index in [1.54, 1.807) is 0 Å². The molecule has 1 aromatic carbocycles. The zero-order chi connectivity index (χ0) is 12.8. The molecule has 0 aliphatic rings. The smallest absolute Gasteiger partial charge is 0.347 e. The maximum absolute atomic E-state index is 13.3. The summed E-state index contributed by atoms with van der Waals surface area (Å²) in [4.78, 5) is 11.4. The molecule has 1 aromatic rings. The molecular weight excluding hydrogens is 227 g/mol. The number of ether oxygens (including phenoxy) is 2. The quantitative estimate of drug-likeness (QED) is 0.804. The van der Waals surface area contributed by atoms with Crippen LogP contribution in [0.5, 0.6) is 11.5 Å². The third kappa shape index (κ3) is 3.94. The number of hydrogen-bond acceptors (Lipinski definition) is 4. The van der Waals surface area contributed by atoms with E-state index >= 15 is 0 Å². The summed E-state index contributed by atoms with van der Waals surface area (Å²) in [5.41, 5.74) is 0. The first-order valence-electron chi connectivity index (χ1n) is 5.36. The van der Waals surface area contributed by atoms with Gasteiger partial charge in [-0.2, -0.15) is 0 Å². The van der Waals surface area contributed by atoms with Gasteiger partial charge in [-0.3, -0.25) is 0 Å². The van der Waals surface area contributed by atoms with Gasteiger partial charge in [-0.05, 0) is 25.5 Å². The van der Waals surface area contributed by atoms with Crippen LogP contribution >= 0.6 is 0 Å². The summed E-state index contributed by atoms with van der Waals surface area (Å²) < 4.78 is 23.2. The van der Waals surface area contributed by atoms with Gasteiger partial charge in [0, 0.05) is 6.07 Å². The highest BCUT2D eigenvalue weighted by molar-refractivity contribution is 5.74. The van der Waals surface area contributed by atoms with E-state index in [1.165, 1.54) is 19.1 Å². The van der Waals surface area contributed by atoms with E-state index in [9.17, 15) is 9.18 Å². The molecule has 0 bridgehead atoms. The van der Waals surface area contributed by atoms with Crippen LogP contribution in [-0.2, 0) is 9.53 Å². The summed E-state index contributed by atoms with van der Waals surface area (Å²) in [6.07, 6.45) is -0.174. The molecule has 0 heterocycles. The fraction of sp³-hybridized carbons (Fsp3) is 0.417. The molecule has 0 aliphatic carbocycles. The maximum atomic E-state index is 13.3. The molecular formula is C12H15FO4. The second kappa shape index (κ2) is 6.08. The van der Waals surface area contributed by atoms with E-state index in [0.29, 0.717) is 13.0 Å². The minimum absolute atomic E-state index is 0.0938. The highest BCUT2D eigenvalue weighted by Gasteiger charge is 2.17. The highest BCUT2D eigenvalue weighted by atomic mass is 19.1. The monoisotopic (exact) mass is 242 g/mol. The Hall–Kier alpha value is -1.78. The minimum atomic E-state index is -0.888. The van der Waals surface area contributed by atoms with Crippen molar-refractivity contribution in [2.45, 2.75) is 26.4 Å². The predicted molar refractivity (Wildman–Crippen MR) is 59.4 cm³/mol. The molecule has 0 spiro atoms. The molecule has 0 saturated carbocycles. The molecule has 5 heteroatoms. The van der Waals surface area contributed by atoms with E-state index in [2.05, 4.69) is 0 Å². The second-order valence-electron chi connectivity index (χ2n) is 3.54. The Morgan fingerprint density at radius 2 is 2.24 bits per heavy atom. The Bertz CT molecular complexity index is 392. The summed E-state index contributed by atoms with van der Waals surface area (Å²) in [6, 6.07) is 3.45. The topological polar surface area (TPSA) is 55.8 Å². The predicted octanol–water partition coefficient (Wildman–Crippen LogP) is 2.25. The molecule has 94 valence electrons. The number of phenols is 1. The number of hydrogen-bond donors (Lipinski definition) is 1. The van der Waals surface area contributed by atoms with Crippen LogP contribution < -0.4 is 4.74 Å². The van der Waals surface area contributed by atoms with Gasteiger partial charge < -0.3 is 14.6 Å². The average molecular weight is 242 g/mol. The van der Waals surface area contributed by atoms with E-state index in [-0.39, 0.29) is 11.5 Å². The number of benzene rings is 1. The molecule has 1 rings (SSSR count). The Labute approximate surface area is 99.0 Å².